The smallest absolute Gasteiger partial charge is 0.343 e. The predicted molar refractivity (Wildman–Crippen MR) is 77.0 cm³/mol. The minimum Gasteiger partial charge on any atom is -0.497 e. The molecule has 0 aliphatic carbocycles. The first-order valence-electron chi connectivity index (χ1n) is 6.35. The summed E-state index contributed by atoms with van der Waals surface area (Å²) in [6.07, 6.45) is 1.37. The summed E-state index contributed by atoms with van der Waals surface area (Å²) in [5.41, 5.74) is 6.79. The summed E-state index contributed by atoms with van der Waals surface area (Å²) < 4.78 is 16.8. The normalized spacial score (nSPS) is 10.2. The lowest BCUT2D eigenvalue weighted by molar-refractivity contribution is 0.0527. The Labute approximate surface area is 122 Å². The second-order valence-electron chi connectivity index (χ2n) is 4.11. The molecule has 0 atom stereocenters. The van der Waals surface area contributed by atoms with Gasteiger partial charge in [0, 0.05) is 6.07 Å². The van der Waals surface area contributed by atoms with E-state index < -0.39 is 5.97 Å². The standard InChI is InChI=1S/C14H17N3O4/c1-4-21-14(18)10-8-16-17(13(10)15)11-6-5-9(19-2)7-12(11)20-3/h5-8H,4,15H2,1-3H3. The highest BCUT2D eigenvalue weighted by atomic mass is 16.5. The fourth-order valence-corrected chi connectivity index (χ4v) is 1.88. The molecule has 2 aromatic rings. The third kappa shape index (κ3) is 2.76. The van der Waals surface area contributed by atoms with Crippen molar-refractivity contribution in [1.82, 2.24) is 9.78 Å². The Hall–Kier alpha value is -2.70. The molecule has 0 aliphatic heterocycles. The Morgan fingerprint density at radius 2 is 2.10 bits per heavy atom. The third-order valence-electron chi connectivity index (χ3n) is 2.92. The number of carbonyl (C=O) groups is 1. The van der Waals surface area contributed by atoms with Crippen molar-refractivity contribution < 1.29 is 19.0 Å². The number of carbonyl (C=O) groups excluding carboxylic acids is 1. The highest BCUT2D eigenvalue weighted by molar-refractivity contribution is 5.94. The highest BCUT2D eigenvalue weighted by Crippen LogP contribution is 2.29. The van der Waals surface area contributed by atoms with E-state index in [4.69, 9.17) is 19.9 Å². The summed E-state index contributed by atoms with van der Waals surface area (Å²) >= 11 is 0. The number of ether oxygens (including phenoxy) is 3. The largest absolute Gasteiger partial charge is 0.497 e. The number of hydrogen-bond donors (Lipinski definition) is 1. The molecule has 1 heterocycles. The second kappa shape index (κ2) is 6.17. The number of anilines is 1. The first-order valence-corrected chi connectivity index (χ1v) is 6.35. The number of nitrogen functional groups attached to an aromatic ring is 1. The van der Waals surface area contributed by atoms with Crippen molar-refractivity contribution >= 4 is 11.8 Å². The van der Waals surface area contributed by atoms with Crippen molar-refractivity contribution in [3.05, 3.63) is 30.0 Å². The van der Waals surface area contributed by atoms with Crippen LogP contribution >= 0.6 is 0 Å². The molecule has 0 fully saturated rings. The second-order valence-corrected chi connectivity index (χ2v) is 4.11. The van der Waals surface area contributed by atoms with Gasteiger partial charge in [0.25, 0.3) is 0 Å². The monoisotopic (exact) mass is 291 g/mol. The molecule has 0 amide bonds. The van der Waals surface area contributed by atoms with E-state index in [1.54, 1.807) is 32.2 Å². The number of benzene rings is 1. The molecule has 0 unspecified atom stereocenters. The zero-order valence-corrected chi connectivity index (χ0v) is 12.1. The average Bonchev–Trinajstić information content (AvgIpc) is 2.88. The van der Waals surface area contributed by atoms with E-state index in [2.05, 4.69) is 5.10 Å². The van der Waals surface area contributed by atoms with E-state index in [-0.39, 0.29) is 18.0 Å². The number of hydrogen-bond acceptors (Lipinski definition) is 6. The zero-order valence-electron chi connectivity index (χ0n) is 12.1. The lowest BCUT2D eigenvalue weighted by Crippen LogP contribution is -2.09. The molecule has 1 aromatic carbocycles. The molecule has 7 heteroatoms. The minimum atomic E-state index is -0.506. The predicted octanol–water partition coefficient (Wildman–Crippen LogP) is 1.65. The summed E-state index contributed by atoms with van der Waals surface area (Å²) in [4.78, 5) is 11.8. The first kappa shape index (κ1) is 14.7. The van der Waals surface area contributed by atoms with E-state index in [1.165, 1.54) is 18.0 Å². The summed E-state index contributed by atoms with van der Waals surface area (Å²) in [6.45, 7) is 2.00. The molecule has 0 spiro atoms. The third-order valence-corrected chi connectivity index (χ3v) is 2.92. The molecular formula is C14H17N3O4. The van der Waals surface area contributed by atoms with Gasteiger partial charge < -0.3 is 19.9 Å². The Kier molecular flexibility index (Phi) is 4.32. The van der Waals surface area contributed by atoms with Crippen LogP contribution < -0.4 is 15.2 Å². The van der Waals surface area contributed by atoms with Gasteiger partial charge in [0.2, 0.25) is 0 Å². The summed E-state index contributed by atoms with van der Waals surface area (Å²) in [7, 11) is 3.10. The zero-order chi connectivity index (χ0) is 15.4. The van der Waals surface area contributed by atoms with Crippen molar-refractivity contribution in [3.8, 4) is 17.2 Å². The van der Waals surface area contributed by atoms with Crippen molar-refractivity contribution in [1.29, 1.82) is 0 Å². The van der Waals surface area contributed by atoms with Gasteiger partial charge in [-0.05, 0) is 19.1 Å². The maximum atomic E-state index is 11.8. The van der Waals surface area contributed by atoms with E-state index in [1.807, 2.05) is 0 Å². The first-order chi connectivity index (χ1) is 10.1. The maximum Gasteiger partial charge on any atom is 0.343 e. The minimum absolute atomic E-state index is 0.192. The van der Waals surface area contributed by atoms with Gasteiger partial charge in [-0.15, -0.1) is 0 Å². The van der Waals surface area contributed by atoms with E-state index in [9.17, 15) is 4.79 Å². The van der Waals surface area contributed by atoms with Gasteiger partial charge in [0.15, 0.2) is 0 Å². The summed E-state index contributed by atoms with van der Waals surface area (Å²) in [5.74, 6) is 0.858. The molecule has 2 rings (SSSR count). The molecular weight excluding hydrogens is 274 g/mol. The topological polar surface area (TPSA) is 88.6 Å². The molecule has 112 valence electrons. The Balaban J connectivity index is 2.46. The van der Waals surface area contributed by atoms with Crippen LogP contribution in [0.3, 0.4) is 0 Å². The number of nitrogens with two attached hydrogens (primary N) is 1. The van der Waals surface area contributed by atoms with Crippen LogP contribution in [-0.4, -0.2) is 36.6 Å². The van der Waals surface area contributed by atoms with Crippen molar-refractivity contribution in [2.75, 3.05) is 26.6 Å². The van der Waals surface area contributed by atoms with Crippen LogP contribution in [0, 0.1) is 0 Å². The van der Waals surface area contributed by atoms with Gasteiger partial charge >= 0.3 is 5.97 Å². The Morgan fingerprint density at radius 3 is 2.71 bits per heavy atom. The van der Waals surface area contributed by atoms with Crippen LogP contribution in [-0.2, 0) is 4.74 Å². The van der Waals surface area contributed by atoms with Crippen LogP contribution in [0.5, 0.6) is 11.5 Å². The quantitative estimate of drug-likeness (QED) is 0.843. The van der Waals surface area contributed by atoms with Crippen molar-refractivity contribution in [3.63, 3.8) is 0 Å². The fourth-order valence-electron chi connectivity index (χ4n) is 1.88. The van der Waals surface area contributed by atoms with Crippen LogP contribution in [0.15, 0.2) is 24.4 Å². The van der Waals surface area contributed by atoms with E-state index in [0.29, 0.717) is 17.2 Å². The van der Waals surface area contributed by atoms with Crippen LogP contribution in [0.1, 0.15) is 17.3 Å². The van der Waals surface area contributed by atoms with Gasteiger partial charge in [0.1, 0.15) is 28.6 Å². The number of aromatic nitrogens is 2. The SMILES string of the molecule is CCOC(=O)c1cnn(-c2ccc(OC)cc2OC)c1N. The van der Waals surface area contributed by atoms with Gasteiger partial charge in [-0.25, -0.2) is 9.48 Å². The Bertz CT molecular complexity index is 652. The number of nitrogens with zero attached hydrogens (tertiary/aromatic N) is 2. The molecule has 0 saturated heterocycles. The van der Waals surface area contributed by atoms with Gasteiger partial charge in [-0.1, -0.05) is 0 Å². The average molecular weight is 291 g/mol. The molecule has 1 aromatic heterocycles. The fraction of sp³-hybridized carbons (Fsp3) is 0.286. The number of esters is 1. The van der Waals surface area contributed by atoms with Crippen molar-refractivity contribution in [2.24, 2.45) is 0 Å². The van der Waals surface area contributed by atoms with Crippen molar-refractivity contribution in [2.45, 2.75) is 6.92 Å². The Morgan fingerprint density at radius 1 is 1.33 bits per heavy atom. The van der Waals surface area contributed by atoms with Crippen LogP contribution in [0.25, 0.3) is 5.69 Å². The van der Waals surface area contributed by atoms with Crippen LogP contribution in [0.2, 0.25) is 0 Å². The molecule has 2 N–H and O–H groups in total. The summed E-state index contributed by atoms with van der Waals surface area (Å²) in [6, 6.07) is 5.21. The van der Waals surface area contributed by atoms with E-state index in [0.717, 1.165) is 0 Å². The molecule has 0 bridgehead atoms. The maximum absolute atomic E-state index is 11.8. The molecule has 0 radical (unpaired) electrons. The van der Waals surface area contributed by atoms with Gasteiger partial charge in [-0.3, -0.25) is 0 Å². The number of rotatable bonds is 5. The molecule has 0 saturated carbocycles. The van der Waals surface area contributed by atoms with Gasteiger partial charge in [0.05, 0.1) is 27.0 Å². The highest BCUT2D eigenvalue weighted by Gasteiger charge is 2.19. The lowest BCUT2D eigenvalue weighted by atomic mass is 10.2. The molecule has 7 nitrogen and oxygen atoms in total. The van der Waals surface area contributed by atoms with Gasteiger partial charge in [-0.2, -0.15) is 5.10 Å². The summed E-state index contributed by atoms with van der Waals surface area (Å²) in [5, 5.41) is 4.12. The lowest BCUT2D eigenvalue weighted by Gasteiger charge is -2.11. The molecule has 21 heavy (non-hydrogen) atoms. The van der Waals surface area contributed by atoms with Crippen LogP contribution in [0.4, 0.5) is 5.82 Å². The van der Waals surface area contributed by atoms with E-state index >= 15 is 0 Å². The molecule has 0 aliphatic rings. The number of methoxy groups -OCH3 is 2.